The topological polar surface area (TPSA) is 159 Å². The van der Waals surface area contributed by atoms with Gasteiger partial charge in [-0.05, 0) is 42.5 Å². The van der Waals surface area contributed by atoms with Gasteiger partial charge < -0.3 is 25.3 Å². The van der Waals surface area contributed by atoms with Crippen molar-refractivity contribution >= 4 is 28.5 Å². The van der Waals surface area contributed by atoms with Gasteiger partial charge in [-0.25, -0.2) is 9.67 Å². The lowest BCUT2D eigenvalue weighted by Gasteiger charge is -2.40. The SMILES string of the molecule is Nc1nc2c(cnn2C2(C(=O)NCC3(O)COC3)CCCc3ccccc32)c2nc(-c3ccco3)nn12. The van der Waals surface area contributed by atoms with E-state index in [-0.39, 0.29) is 31.6 Å². The van der Waals surface area contributed by atoms with E-state index in [2.05, 4.69) is 20.4 Å². The van der Waals surface area contributed by atoms with E-state index < -0.39 is 11.1 Å². The van der Waals surface area contributed by atoms with Gasteiger partial charge >= 0.3 is 0 Å². The molecule has 4 N–H and O–H groups in total. The second kappa shape index (κ2) is 7.85. The van der Waals surface area contributed by atoms with Gasteiger partial charge in [0.05, 0.1) is 37.6 Å². The maximum Gasteiger partial charge on any atom is 0.252 e. The quantitative estimate of drug-likeness (QED) is 0.323. The first-order valence-electron chi connectivity index (χ1n) is 12.1. The van der Waals surface area contributed by atoms with E-state index in [1.165, 1.54) is 4.52 Å². The molecule has 0 spiro atoms. The summed E-state index contributed by atoms with van der Waals surface area (Å²) < 4.78 is 13.7. The predicted octanol–water partition coefficient (Wildman–Crippen LogP) is 1.27. The van der Waals surface area contributed by atoms with Crippen molar-refractivity contribution in [2.24, 2.45) is 0 Å². The average Bonchev–Trinajstić information content (AvgIpc) is 3.65. The van der Waals surface area contributed by atoms with Crippen LogP contribution < -0.4 is 11.1 Å². The van der Waals surface area contributed by atoms with Crippen molar-refractivity contribution in [2.75, 3.05) is 25.5 Å². The number of nitrogen functional groups attached to an aromatic ring is 1. The van der Waals surface area contributed by atoms with Gasteiger partial charge in [-0.3, -0.25) is 4.79 Å². The summed E-state index contributed by atoms with van der Waals surface area (Å²) in [4.78, 5) is 23.4. The fraction of sp³-hybridized carbons (Fsp3) is 0.320. The standard InChI is InChI=1S/C25H24N8O4/c26-23-30-21-16(20-29-19(31-32(20)23)18-8-4-10-37-18)11-28-33(21)25(22(34)27-12-24(35)13-36-14-24)9-3-6-15-5-1-2-7-17(15)25/h1-2,4-5,7-8,10-11,35H,3,6,9,12-14H2,(H2,26,30)(H,27,34). The van der Waals surface area contributed by atoms with Gasteiger partial charge in [0.25, 0.3) is 5.91 Å². The van der Waals surface area contributed by atoms with Crippen molar-refractivity contribution in [3.8, 4) is 11.6 Å². The highest BCUT2D eigenvalue weighted by atomic mass is 16.5. The van der Waals surface area contributed by atoms with E-state index in [1.54, 1.807) is 29.3 Å². The minimum absolute atomic E-state index is 0.0749. The molecule has 5 aromatic rings. The Bertz CT molecular complexity index is 1650. The molecule has 1 atom stereocenters. The number of nitrogens with two attached hydrogens (primary N) is 1. The molecule has 5 heterocycles. The first kappa shape index (κ1) is 21.9. The zero-order valence-corrected chi connectivity index (χ0v) is 19.8. The number of nitrogens with one attached hydrogen (secondary N) is 1. The Morgan fingerprint density at radius 1 is 1.16 bits per heavy atom. The number of aryl methyl sites for hydroxylation is 1. The summed E-state index contributed by atoms with van der Waals surface area (Å²) >= 11 is 0. The summed E-state index contributed by atoms with van der Waals surface area (Å²) in [6.07, 6.45) is 5.30. The number of fused-ring (bicyclic) bond motifs is 4. The number of ether oxygens (including phenoxy) is 1. The van der Waals surface area contributed by atoms with Crippen LogP contribution in [-0.4, -0.2) is 65.7 Å². The Morgan fingerprint density at radius 2 is 2.03 bits per heavy atom. The van der Waals surface area contributed by atoms with Gasteiger partial charge in [-0.15, -0.1) is 5.10 Å². The average molecular weight is 501 g/mol. The molecule has 4 aromatic heterocycles. The maximum absolute atomic E-state index is 14.1. The van der Waals surface area contributed by atoms with Crippen LogP contribution >= 0.6 is 0 Å². The number of hydrogen-bond acceptors (Lipinski definition) is 9. The molecule has 1 fully saturated rings. The first-order valence-corrected chi connectivity index (χ1v) is 12.1. The Kier molecular flexibility index (Phi) is 4.66. The third-order valence-corrected chi connectivity index (χ3v) is 7.28. The Labute approximate surface area is 210 Å². The number of hydrogen-bond donors (Lipinski definition) is 3. The molecule has 1 aliphatic heterocycles. The summed E-state index contributed by atoms with van der Waals surface area (Å²) in [6.45, 7) is 0.441. The van der Waals surface area contributed by atoms with Gasteiger partial charge in [-0.2, -0.15) is 14.6 Å². The van der Waals surface area contributed by atoms with Crippen LogP contribution in [0.15, 0.2) is 53.3 Å². The molecule has 1 unspecified atom stereocenters. The molecule has 1 aromatic carbocycles. The number of aromatic nitrogens is 6. The number of benzene rings is 1. The molecule has 1 aliphatic carbocycles. The molecular weight excluding hydrogens is 476 g/mol. The first-order chi connectivity index (χ1) is 18.0. The number of furan rings is 1. The van der Waals surface area contributed by atoms with Crippen LogP contribution in [0.3, 0.4) is 0 Å². The molecule has 0 bridgehead atoms. The number of aliphatic hydroxyl groups is 1. The third kappa shape index (κ3) is 3.19. The van der Waals surface area contributed by atoms with Crippen molar-refractivity contribution in [3.63, 3.8) is 0 Å². The number of carbonyl (C=O) groups excluding carboxylic acids is 1. The lowest BCUT2D eigenvalue weighted by molar-refractivity contribution is -0.176. The fourth-order valence-corrected chi connectivity index (χ4v) is 5.39. The van der Waals surface area contributed by atoms with Gasteiger partial charge in [-0.1, -0.05) is 24.3 Å². The summed E-state index contributed by atoms with van der Waals surface area (Å²) in [6, 6.07) is 11.4. The smallest absolute Gasteiger partial charge is 0.252 e. The van der Waals surface area contributed by atoms with Crippen LogP contribution in [0, 0.1) is 0 Å². The molecule has 0 saturated carbocycles. The normalized spacial score (nSPS) is 20.6. The number of rotatable bonds is 5. The van der Waals surface area contributed by atoms with Gasteiger partial charge in [0, 0.05) is 0 Å². The molecule has 0 radical (unpaired) electrons. The molecule has 2 aliphatic rings. The Balaban J connectivity index is 1.42. The van der Waals surface area contributed by atoms with Crippen molar-refractivity contribution in [3.05, 3.63) is 60.0 Å². The summed E-state index contributed by atoms with van der Waals surface area (Å²) in [5, 5.41) is 23.3. The highest BCUT2D eigenvalue weighted by Gasteiger charge is 2.48. The zero-order chi connectivity index (χ0) is 25.2. The Morgan fingerprint density at radius 3 is 2.81 bits per heavy atom. The summed E-state index contributed by atoms with van der Waals surface area (Å²) in [5.41, 5.74) is 6.85. The van der Waals surface area contributed by atoms with Crippen LogP contribution in [0.2, 0.25) is 0 Å². The molecule has 37 heavy (non-hydrogen) atoms. The van der Waals surface area contributed by atoms with Crippen LogP contribution in [0.1, 0.15) is 24.0 Å². The molecule has 1 saturated heterocycles. The number of amides is 1. The molecule has 12 heteroatoms. The predicted molar refractivity (Wildman–Crippen MR) is 131 cm³/mol. The highest BCUT2D eigenvalue weighted by Crippen LogP contribution is 2.41. The molecular formula is C25H24N8O4. The van der Waals surface area contributed by atoms with Crippen LogP contribution in [0.5, 0.6) is 0 Å². The van der Waals surface area contributed by atoms with E-state index in [0.29, 0.717) is 34.7 Å². The fourth-order valence-electron chi connectivity index (χ4n) is 5.39. The van der Waals surface area contributed by atoms with Gasteiger partial charge in [0.2, 0.25) is 11.8 Å². The van der Waals surface area contributed by atoms with Crippen molar-refractivity contribution in [2.45, 2.75) is 30.4 Å². The monoisotopic (exact) mass is 500 g/mol. The van der Waals surface area contributed by atoms with Gasteiger partial charge in [0.15, 0.2) is 22.6 Å². The minimum atomic E-state index is -1.20. The lowest BCUT2D eigenvalue weighted by atomic mass is 9.75. The number of nitrogens with zero attached hydrogens (tertiary/aromatic N) is 6. The van der Waals surface area contributed by atoms with Crippen LogP contribution in [-0.2, 0) is 21.5 Å². The lowest BCUT2D eigenvalue weighted by Crippen LogP contribution is -2.60. The van der Waals surface area contributed by atoms with E-state index in [4.69, 9.17) is 20.0 Å². The summed E-state index contributed by atoms with van der Waals surface area (Å²) in [7, 11) is 0. The second-order valence-corrected chi connectivity index (χ2v) is 9.68. The maximum atomic E-state index is 14.1. The Hall–Kier alpha value is -4.29. The molecule has 7 rings (SSSR count). The van der Waals surface area contributed by atoms with Crippen molar-refractivity contribution in [1.29, 1.82) is 0 Å². The van der Waals surface area contributed by atoms with E-state index >= 15 is 0 Å². The summed E-state index contributed by atoms with van der Waals surface area (Å²) in [5.74, 6) is 0.696. The third-order valence-electron chi connectivity index (χ3n) is 7.28. The van der Waals surface area contributed by atoms with Gasteiger partial charge in [0.1, 0.15) is 5.60 Å². The van der Waals surface area contributed by atoms with E-state index in [9.17, 15) is 9.90 Å². The van der Waals surface area contributed by atoms with Crippen LogP contribution in [0.4, 0.5) is 5.95 Å². The molecule has 12 nitrogen and oxygen atoms in total. The van der Waals surface area contributed by atoms with E-state index in [1.807, 2.05) is 24.3 Å². The largest absolute Gasteiger partial charge is 0.461 e. The zero-order valence-electron chi connectivity index (χ0n) is 19.8. The second-order valence-electron chi connectivity index (χ2n) is 9.68. The molecule has 1 amide bonds. The van der Waals surface area contributed by atoms with Crippen molar-refractivity contribution in [1.82, 2.24) is 34.7 Å². The number of anilines is 1. The minimum Gasteiger partial charge on any atom is -0.461 e. The highest BCUT2D eigenvalue weighted by molar-refractivity contribution is 5.94. The van der Waals surface area contributed by atoms with Crippen LogP contribution in [0.25, 0.3) is 28.3 Å². The van der Waals surface area contributed by atoms with Crippen molar-refractivity contribution < 1.29 is 19.1 Å². The molecule has 188 valence electrons. The van der Waals surface area contributed by atoms with E-state index in [0.717, 1.165) is 24.0 Å². The number of carbonyl (C=O) groups is 1.